The lowest BCUT2D eigenvalue weighted by atomic mass is 10.2. The first-order valence-corrected chi connectivity index (χ1v) is 6.13. The summed E-state index contributed by atoms with van der Waals surface area (Å²) < 4.78 is 0. The van der Waals surface area contributed by atoms with Gasteiger partial charge in [-0.3, -0.25) is 4.79 Å². The lowest BCUT2D eigenvalue weighted by Crippen LogP contribution is -2.31. The Morgan fingerprint density at radius 2 is 2.40 bits per heavy atom. The Morgan fingerprint density at radius 1 is 1.53 bits per heavy atom. The van der Waals surface area contributed by atoms with E-state index >= 15 is 0 Å². The van der Waals surface area contributed by atoms with Gasteiger partial charge in [0.2, 0.25) is 5.91 Å². The molecule has 0 spiro atoms. The second-order valence-corrected chi connectivity index (χ2v) is 5.04. The van der Waals surface area contributed by atoms with E-state index in [1.807, 2.05) is 11.3 Å². The number of aryl methyl sites for hydroxylation is 2. The molecule has 3 nitrogen and oxygen atoms in total. The highest BCUT2D eigenvalue weighted by atomic mass is 32.1. The maximum atomic E-state index is 11.2. The van der Waals surface area contributed by atoms with Crippen LogP contribution < -0.4 is 10.6 Å². The largest absolute Gasteiger partial charge is 0.350 e. The molecule has 1 aliphatic rings. The number of hydrogen-bond acceptors (Lipinski definition) is 3. The highest BCUT2D eigenvalue weighted by molar-refractivity contribution is 7.12. The number of thiophene rings is 1. The average molecular weight is 224 g/mol. The molecule has 1 aromatic heterocycles. The molecule has 1 amide bonds. The van der Waals surface area contributed by atoms with Crippen LogP contribution in [0.25, 0.3) is 0 Å². The summed E-state index contributed by atoms with van der Waals surface area (Å²) in [5, 5.41) is 5.73. The van der Waals surface area contributed by atoms with Crippen molar-refractivity contribution in [2.75, 3.05) is 13.6 Å². The van der Waals surface area contributed by atoms with Gasteiger partial charge in [0.25, 0.3) is 0 Å². The Kier molecular flexibility index (Phi) is 3.38. The van der Waals surface area contributed by atoms with E-state index in [0.717, 1.165) is 0 Å². The lowest BCUT2D eigenvalue weighted by molar-refractivity contribution is -0.120. The van der Waals surface area contributed by atoms with Crippen molar-refractivity contribution in [3.63, 3.8) is 0 Å². The zero-order valence-corrected chi connectivity index (χ0v) is 9.75. The maximum absolute atomic E-state index is 11.2. The third-order valence-electron chi connectivity index (χ3n) is 2.59. The average Bonchev–Trinajstić information content (AvgIpc) is 2.74. The van der Waals surface area contributed by atoms with Gasteiger partial charge in [0.15, 0.2) is 0 Å². The van der Waals surface area contributed by atoms with Crippen LogP contribution in [0.4, 0.5) is 0 Å². The Labute approximate surface area is 93.9 Å². The molecule has 0 saturated carbocycles. The highest BCUT2D eigenvalue weighted by Gasteiger charge is 2.14. The van der Waals surface area contributed by atoms with E-state index in [4.69, 9.17) is 0 Å². The van der Waals surface area contributed by atoms with Crippen LogP contribution in [0.1, 0.15) is 21.7 Å². The topological polar surface area (TPSA) is 41.1 Å². The number of nitrogens with one attached hydrogen (secondary N) is 2. The van der Waals surface area contributed by atoms with Gasteiger partial charge in [-0.1, -0.05) is 0 Å². The van der Waals surface area contributed by atoms with E-state index in [0.29, 0.717) is 13.1 Å². The van der Waals surface area contributed by atoms with Gasteiger partial charge < -0.3 is 10.6 Å². The number of rotatable bonds is 4. The van der Waals surface area contributed by atoms with Crippen LogP contribution in [0.5, 0.6) is 0 Å². The van der Waals surface area contributed by atoms with Crippen molar-refractivity contribution < 1.29 is 4.79 Å². The van der Waals surface area contributed by atoms with E-state index in [2.05, 4.69) is 16.7 Å². The standard InChI is InChI=1S/C11H16N2OS/c1-12-7-11(14)13-6-9-5-8-3-2-4-10(8)15-9/h5,12H,2-4,6-7H2,1H3,(H,13,14). The van der Waals surface area contributed by atoms with Crippen molar-refractivity contribution >= 4 is 17.2 Å². The van der Waals surface area contributed by atoms with E-state index in [-0.39, 0.29) is 5.91 Å². The van der Waals surface area contributed by atoms with Gasteiger partial charge in [-0.2, -0.15) is 0 Å². The summed E-state index contributed by atoms with van der Waals surface area (Å²) in [5.41, 5.74) is 1.50. The Morgan fingerprint density at radius 3 is 3.13 bits per heavy atom. The molecule has 2 N–H and O–H groups in total. The third-order valence-corrected chi connectivity index (χ3v) is 3.83. The molecule has 0 aromatic carbocycles. The zero-order chi connectivity index (χ0) is 10.7. The molecular formula is C11H16N2OS. The van der Waals surface area contributed by atoms with Crippen LogP contribution in [-0.4, -0.2) is 19.5 Å². The predicted octanol–water partition coefficient (Wildman–Crippen LogP) is 1.07. The van der Waals surface area contributed by atoms with E-state index in [1.165, 1.54) is 34.6 Å². The Hall–Kier alpha value is -0.870. The summed E-state index contributed by atoms with van der Waals surface area (Å²) in [6.07, 6.45) is 3.74. The molecule has 15 heavy (non-hydrogen) atoms. The lowest BCUT2D eigenvalue weighted by Gasteiger charge is -2.02. The van der Waals surface area contributed by atoms with Gasteiger partial charge in [0.1, 0.15) is 0 Å². The number of hydrogen-bond donors (Lipinski definition) is 2. The molecule has 1 heterocycles. The molecule has 0 bridgehead atoms. The minimum absolute atomic E-state index is 0.0612. The first-order chi connectivity index (χ1) is 7.29. The second-order valence-electron chi connectivity index (χ2n) is 3.82. The molecule has 82 valence electrons. The zero-order valence-electron chi connectivity index (χ0n) is 8.93. The minimum Gasteiger partial charge on any atom is -0.350 e. The van der Waals surface area contributed by atoms with Crippen LogP contribution in [0, 0.1) is 0 Å². The molecule has 0 radical (unpaired) electrons. The summed E-state index contributed by atoms with van der Waals surface area (Å²) in [6.45, 7) is 1.07. The van der Waals surface area contributed by atoms with Crippen LogP contribution in [-0.2, 0) is 24.2 Å². The first-order valence-electron chi connectivity index (χ1n) is 5.31. The van der Waals surface area contributed by atoms with Gasteiger partial charge in [0, 0.05) is 9.75 Å². The monoisotopic (exact) mass is 224 g/mol. The Balaban J connectivity index is 1.86. The van der Waals surface area contributed by atoms with E-state index in [9.17, 15) is 4.79 Å². The van der Waals surface area contributed by atoms with Gasteiger partial charge in [0.05, 0.1) is 13.1 Å². The van der Waals surface area contributed by atoms with E-state index in [1.54, 1.807) is 7.05 Å². The molecule has 2 rings (SSSR count). The number of carbonyl (C=O) groups is 1. The van der Waals surface area contributed by atoms with Crippen molar-refractivity contribution in [2.45, 2.75) is 25.8 Å². The summed E-state index contributed by atoms with van der Waals surface area (Å²) in [5.74, 6) is 0.0612. The summed E-state index contributed by atoms with van der Waals surface area (Å²) >= 11 is 1.85. The highest BCUT2D eigenvalue weighted by Crippen LogP contribution is 2.30. The van der Waals surface area contributed by atoms with Gasteiger partial charge in [-0.25, -0.2) is 0 Å². The van der Waals surface area contributed by atoms with Gasteiger partial charge in [-0.15, -0.1) is 11.3 Å². The fourth-order valence-electron chi connectivity index (χ4n) is 1.89. The van der Waals surface area contributed by atoms with Gasteiger partial charge >= 0.3 is 0 Å². The molecule has 0 unspecified atom stereocenters. The fourth-order valence-corrected chi connectivity index (χ4v) is 3.09. The van der Waals surface area contributed by atoms with Crippen LogP contribution in [0.2, 0.25) is 0 Å². The minimum atomic E-state index is 0.0612. The molecule has 0 aliphatic heterocycles. The molecule has 1 aromatic rings. The Bertz CT molecular complexity index is 338. The van der Waals surface area contributed by atoms with Crippen LogP contribution in [0.15, 0.2) is 6.07 Å². The van der Waals surface area contributed by atoms with Gasteiger partial charge in [-0.05, 0) is 37.9 Å². The predicted molar refractivity (Wildman–Crippen MR) is 62.1 cm³/mol. The van der Waals surface area contributed by atoms with Crippen molar-refractivity contribution in [3.05, 3.63) is 21.4 Å². The first kappa shape index (κ1) is 10.6. The molecule has 1 aliphatic carbocycles. The van der Waals surface area contributed by atoms with E-state index < -0.39 is 0 Å². The van der Waals surface area contributed by atoms with Crippen LogP contribution >= 0.6 is 11.3 Å². The van der Waals surface area contributed by atoms with Crippen molar-refractivity contribution in [1.82, 2.24) is 10.6 Å². The summed E-state index contributed by atoms with van der Waals surface area (Å²) in [7, 11) is 1.78. The number of amides is 1. The molecule has 0 fully saturated rings. The molecule has 0 saturated heterocycles. The molecule has 4 heteroatoms. The fraction of sp³-hybridized carbons (Fsp3) is 0.545. The third kappa shape index (κ3) is 2.58. The molecular weight excluding hydrogens is 208 g/mol. The number of likely N-dealkylation sites (N-methyl/N-ethyl adjacent to an activating group) is 1. The number of carbonyl (C=O) groups excluding carboxylic acids is 1. The summed E-state index contributed by atoms with van der Waals surface area (Å²) in [4.78, 5) is 14.0. The molecule has 0 atom stereocenters. The summed E-state index contributed by atoms with van der Waals surface area (Å²) in [6, 6.07) is 2.24. The number of fused-ring (bicyclic) bond motifs is 1. The van der Waals surface area contributed by atoms with Crippen molar-refractivity contribution in [1.29, 1.82) is 0 Å². The van der Waals surface area contributed by atoms with Crippen LogP contribution in [0.3, 0.4) is 0 Å². The normalized spacial score (nSPS) is 13.9. The quantitative estimate of drug-likeness (QED) is 0.803. The maximum Gasteiger partial charge on any atom is 0.234 e. The SMILES string of the molecule is CNCC(=O)NCc1cc2c(s1)CCC2. The second kappa shape index (κ2) is 4.77. The van der Waals surface area contributed by atoms with Crippen molar-refractivity contribution in [2.24, 2.45) is 0 Å². The van der Waals surface area contributed by atoms with Crippen molar-refractivity contribution in [3.8, 4) is 0 Å². The smallest absolute Gasteiger partial charge is 0.234 e.